The summed E-state index contributed by atoms with van der Waals surface area (Å²) >= 11 is 0. The molecule has 0 radical (unpaired) electrons. The number of methoxy groups -OCH3 is 1. The van der Waals surface area contributed by atoms with Crippen LogP contribution in [0.5, 0.6) is 5.75 Å². The second-order valence-corrected chi connectivity index (χ2v) is 8.85. The normalized spacial score (nSPS) is 13.6. The number of benzene rings is 2. The van der Waals surface area contributed by atoms with Gasteiger partial charge in [-0.15, -0.1) is 0 Å². The van der Waals surface area contributed by atoms with Gasteiger partial charge < -0.3 is 15.2 Å². The number of nitriles is 1. The van der Waals surface area contributed by atoms with Crippen molar-refractivity contribution in [1.29, 1.82) is 5.26 Å². The van der Waals surface area contributed by atoms with Crippen molar-refractivity contribution in [2.45, 2.75) is 18.2 Å². The van der Waals surface area contributed by atoms with Crippen LogP contribution in [0.15, 0.2) is 58.6 Å². The highest BCUT2D eigenvalue weighted by molar-refractivity contribution is 7.92. The SMILES string of the molecule is COc1ccc(S(=O)(=O)N2CCc3ccccc32)cc1C(=O)OCC(=O)/C(C#N)=C(/C)N. The number of fused-ring (bicyclic) bond motifs is 1. The molecule has 1 heterocycles. The van der Waals surface area contributed by atoms with Crippen molar-refractivity contribution in [2.75, 3.05) is 24.6 Å². The van der Waals surface area contributed by atoms with E-state index in [9.17, 15) is 18.0 Å². The molecule has 9 nitrogen and oxygen atoms in total. The molecule has 1 aliphatic rings. The van der Waals surface area contributed by atoms with Gasteiger partial charge in [-0.05, 0) is 43.2 Å². The largest absolute Gasteiger partial charge is 0.496 e. The van der Waals surface area contributed by atoms with Crippen LogP contribution in [0.4, 0.5) is 5.69 Å². The van der Waals surface area contributed by atoms with Gasteiger partial charge in [-0.25, -0.2) is 13.2 Å². The first kappa shape index (κ1) is 22.8. The number of nitrogens with two attached hydrogens (primary N) is 1. The van der Waals surface area contributed by atoms with E-state index in [-0.39, 0.29) is 34.0 Å². The summed E-state index contributed by atoms with van der Waals surface area (Å²) < 4.78 is 38.0. The van der Waals surface area contributed by atoms with Gasteiger partial charge in [0.05, 0.1) is 17.7 Å². The number of Topliss-reactive ketones (excluding diaryl/α,β-unsaturated/α-hetero) is 1. The molecule has 2 aromatic carbocycles. The van der Waals surface area contributed by atoms with Gasteiger partial charge in [-0.2, -0.15) is 5.26 Å². The molecule has 0 fully saturated rings. The lowest BCUT2D eigenvalue weighted by atomic mass is 10.1. The van der Waals surface area contributed by atoms with E-state index in [4.69, 9.17) is 20.5 Å². The number of hydrogen-bond donors (Lipinski definition) is 1. The number of allylic oxidation sites excluding steroid dienone is 1. The van der Waals surface area contributed by atoms with Crippen molar-refractivity contribution in [3.63, 3.8) is 0 Å². The third-order valence-electron chi connectivity index (χ3n) is 4.94. The maximum absolute atomic E-state index is 13.3. The number of esters is 1. The molecular weight excluding hydrogens is 434 g/mol. The van der Waals surface area contributed by atoms with E-state index in [2.05, 4.69) is 0 Å². The Bertz CT molecular complexity index is 1260. The quantitative estimate of drug-likeness (QED) is 0.379. The van der Waals surface area contributed by atoms with Gasteiger partial charge >= 0.3 is 5.97 Å². The smallest absolute Gasteiger partial charge is 0.342 e. The molecule has 0 unspecified atom stereocenters. The van der Waals surface area contributed by atoms with Crippen molar-refractivity contribution in [3.05, 3.63) is 64.9 Å². The summed E-state index contributed by atoms with van der Waals surface area (Å²) in [5.41, 5.74) is 6.51. The maximum atomic E-state index is 13.3. The van der Waals surface area contributed by atoms with E-state index < -0.39 is 28.4 Å². The van der Waals surface area contributed by atoms with Crippen molar-refractivity contribution in [2.24, 2.45) is 5.73 Å². The van der Waals surface area contributed by atoms with Crippen LogP contribution in [0.3, 0.4) is 0 Å². The monoisotopic (exact) mass is 455 g/mol. The molecule has 32 heavy (non-hydrogen) atoms. The number of carbonyl (C=O) groups is 2. The van der Waals surface area contributed by atoms with Gasteiger partial charge in [-0.3, -0.25) is 9.10 Å². The summed E-state index contributed by atoms with van der Waals surface area (Å²) in [6, 6.07) is 12.7. The fraction of sp³-hybridized carbons (Fsp3) is 0.227. The summed E-state index contributed by atoms with van der Waals surface area (Å²) in [7, 11) is -2.64. The highest BCUT2D eigenvalue weighted by Gasteiger charge is 2.32. The molecule has 0 saturated heterocycles. The topological polar surface area (TPSA) is 140 Å². The van der Waals surface area contributed by atoms with Crippen LogP contribution in [0.1, 0.15) is 22.8 Å². The second-order valence-electron chi connectivity index (χ2n) is 6.99. The minimum Gasteiger partial charge on any atom is -0.496 e. The minimum absolute atomic E-state index is 0.00474. The van der Waals surface area contributed by atoms with Crippen molar-refractivity contribution >= 4 is 27.5 Å². The standard InChI is InChI=1S/C22H21N3O6S/c1-14(24)18(12-23)20(26)13-31-22(27)17-11-16(7-8-21(17)30-2)32(28,29)25-10-9-15-5-3-4-6-19(15)25/h3-8,11H,9-10,13,24H2,1-2H3/b18-14-. The zero-order chi connectivity index (χ0) is 23.5. The summed E-state index contributed by atoms with van der Waals surface area (Å²) in [4.78, 5) is 24.5. The van der Waals surface area contributed by atoms with Crippen LogP contribution >= 0.6 is 0 Å². The second kappa shape index (κ2) is 9.11. The number of anilines is 1. The molecule has 0 spiro atoms. The fourth-order valence-corrected chi connectivity index (χ4v) is 4.87. The first-order valence-electron chi connectivity index (χ1n) is 9.56. The van der Waals surface area contributed by atoms with Crippen molar-refractivity contribution < 1.29 is 27.5 Å². The predicted octanol–water partition coefficient (Wildman–Crippen LogP) is 1.93. The van der Waals surface area contributed by atoms with Crippen LogP contribution in [-0.4, -0.2) is 40.4 Å². The molecule has 2 N–H and O–H groups in total. The van der Waals surface area contributed by atoms with Crippen molar-refractivity contribution in [3.8, 4) is 11.8 Å². The first-order valence-corrected chi connectivity index (χ1v) is 11.0. The molecule has 1 aliphatic heterocycles. The lowest BCUT2D eigenvalue weighted by molar-refractivity contribution is -0.118. The van der Waals surface area contributed by atoms with Gasteiger partial charge in [-0.1, -0.05) is 18.2 Å². The fourth-order valence-electron chi connectivity index (χ4n) is 3.34. The first-order chi connectivity index (χ1) is 15.2. The third kappa shape index (κ3) is 4.29. The van der Waals surface area contributed by atoms with E-state index in [0.717, 1.165) is 11.6 Å². The summed E-state index contributed by atoms with van der Waals surface area (Å²) in [6.07, 6.45) is 0.581. The van der Waals surface area contributed by atoms with E-state index >= 15 is 0 Å². The van der Waals surface area contributed by atoms with Gasteiger partial charge in [0, 0.05) is 12.2 Å². The molecular formula is C22H21N3O6S. The number of ether oxygens (including phenoxy) is 2. The predicted molar refractivity (Wildman–Crippen MR) is 115 cm³/mol. The number of carbonyl (C=O) groups excluding carboxylic acids is 2. The average molecular weight is 455 g/mol. The lowest BCUT2D eigenvalue weighted by Crippen LogP contribution is -2.29. The maximum Gasteiger partial charge on any atom is 0.342 e. The molecule has 0 atom stereocenters. The van der Waals surface area contributed by atoms with Gasteiger partial charge in [0.25, 0.3) is 10.0 Å². The van der Waals surface area contributed by atoms with Crippen LogP contribution in [-0.2, 0) is 26.0 Å². The minimum atomic E-state index is -3.96. The van der Waals surface area contributed by atoms with E-state index in [1.165, 1.54) is 30.5 Å². The van der Waals surface area contributed by atoms with Gasteiger partial charge in [0.1, 0.15) is 23.0 Å². The highest BCUT2D eigenvalue weighted by Crippen LogP contribution is 2.34. The molecule has 166 valence electrons. The number of hydrogen-bond acceptors (Lipinski definition) is 8. The molecule has 2 aromatic rings. The third-order valence-corrected chi connectivity index (χ3v) is 6.75. The molecule has 0 saturated carbocycles. The van der Waals surface area contributed by atoms with E-state index in [1.807, 2.05) is 12.1 Å². The Labute approximate surface area is 185 Å². The average Bonchev–Trinajstić information content (AvgIpc) is 3.22. The molecule has 0 amide bonds. The zero-order valence-electron chi connectivity index (χ0n) is 17.5. The molecule has 10 heteroatoms. The van der Waals surface area contributed by atoms with Gasteiger partial charge in [0.15, 0.2) is 6.61 Å². The molecule has 3 rings (SSSR count). The van der Waals surface area contributed by atoms with Crippen LogP contribution in [0.2, 0.25) is 0 Å². The number of nitrogens with zero attached hydrogens (tertiary/aromatic N) is 2. The Kier molecular flexibility index (Phi) is 6.50. The van der Waals surface area contributed by atoms with Crippen molar-refractivity contribution in [1.82, 2.24) is 0 Å². The van der Waals surface area contributed by atoms with Crippen LogP contribution in [0, 0.1) is 11.3 Å². The van der Waals surface area contributed by atoms with E-state index in [0.29, 0.717) is 12.1 Å². The summed E-state index contributed by atoms with van der Waals surface area (Å²) in [5.74, 6) is -1.66. The Hall–Kier alpha value is -3.84. The number of sulfonamides is 1. The Morgan fingerprint density at radius 2 is 1.94 bits per heavy atom. The Morgan fingerprint density at radius 3 is 2.59 bits per heavy atom. The zero-order valence-corrected chi connectivity index (χ0v) is 18.3. The molecule has 0 aromatic heterocycles. The summed E-state index contributed by atoms with van der Waals surface area (Å²) in [5, 5.41) is 8.99. The summed E-state index contributed by atoms with van der Waals surface area (Å²) in [6.45, 7) is 0.936. The Balaban J connectivity index is 1.89. The molecule has 0 bridgehead atoms. The highest BCUT2D eigenvalue weighted by atomic mass is 32.2. The number of para-hydroxylation sites is 1. The molecule has 0 aliphatic carbocycles. The van der Waals surface area contributed by atoms with Crippen LogP contribution in [0.25, 0.3) is 0 Å². The Morgan fingerprint density at radius 1 is 1.22 bits per heavy atom. The van der Waals surface area contributed by atoms with Crippen LogP contribution < -0.4 is 14.8 Å². The number of rotatable bonds is 7. The van der Waals surface area contributed by atoms with E-state index in [1.54, 1.807) is 18.2 Å². The lowest BCUT2D eigenvalue weighted by Gasteiger charge is -2.20. The van der Waals surface area contributed by atoms with Gasteiger partial charge in [0.2, 0.25) is 5.78 Å². The number of ketones is 1.